The minimum absolute atomic E-state index is 0.00191. The molecule has 18 nitrogen and oxygen atoms in total. The number of carboxylic acid groups (broad SMARTS) is 3. The molecule has 0 aliphatic rings. The van der Waals surface area contributed by atoms with Crippen LogP contribution in [0.25, 0.3) is 0 Å². The highest BCUT2D eigenvalue weighted by Gasteiger charge is 2.22. The molecule has 0 aliphatic carbocycles. The zero-order valence-corrected chi connectivity index (χ0v) is 43.4. The molecule has 3 amide bonds. The Morgan fingerprint density at radius 3 is 1.54 bits per heavy atom. The van der Waals surface area contributed by atoms with Crippen LogP contribution in [0.1, 0.15) is 164 Å². The molecule has 8 N–H and O–H groups in total. The molecule has 2 aromatic rings. The third kappa shape index (κ3) is 37.1. The second-order valence-corrected chi connectivity index (χ2v) is 18.2. The maximum Gasteiger partial charge on any atom is 0.335 e. The molecule has 0 heterocycles. The summed E-state index contributed by atoms with van der Waals surface area (Å²) in [6, 6.07) is 11.8. The number of rotatable bonds is 43. The second kappa shape index (κ2) is 41.9. The van der Waals surface area contributed by atoms with Crippen LogP contribution < -0.4 is 31.2 Å². The number of benzene rings is 2. The minimum Gasteiger partial charge on any atom is -0.494 e. The van der Waals surface area contributed by atoms with Gasteiger partial charge in [-0.05, 0) is 105 Å². The van der Waals surface area contributed by atoms with Gasteiger partial charge in [0, 0.05) is 39.0 Å². The smallest absolute Gasteiger partial charge is 0.335 e. The molecular formula is C54H86N4O14. The summed E-state index contributed by atoms with van der Waals surface area (Å²) in [5, 5.41) is 35.8. The number of nitrogens with two attached hydrogens (primary N) is 1. The van der Waals surface area contributed by atoms with E-state index in [0.29, 0.717) is 69.8 Å². The first-order valence-corrected chi connectivity index (χ1v) is 25.8. The lowest BCUT2D eigenvalue weighted by Gasteiger charge is -2.18. The highest BCUT2D eigenvalue weighted by atomic mass is 16.5. The highest BCUT2D eigenvalue weighted by Crippen LogP contribution is 2.16. The van der Waals surface area contributed by atoms with E-state index in [-0.39, 0.29) is 54.5 Å². The zero-order valence-electron chi connectivity index (χ0n) is 43.4. The van der Waals surface area contributed by atoms with Crippen molar-refractivity contribution in [3.05, 3.63) is 72.0 Å². The van der Waals surface area contributed by atoms with Gasteiger partial charge in [-0.1, -0.05) is 85.0 Å². The number of carbonyl (C=O) groups is 6. The summed E-state index contributed by atoms with van der Waals surface area (Å²) in [5.74, 6) is -2.07. The number of amides is 3. The molecule has 3 unspecified atom stereocenters. The van der Waals surface area contributed by atoms with E-state index in [1.807, 2.05) is 13.8 Å². The molecule has 0 fully saturated rings. The van der Waals surface area contributed by atoms with E-state index >= 15 is 0 Å². The first-order chi connectivity index (χ1) is 34.6. The first kappa shape index (κ1) is 64.3. The van der Waals surface area contributed by atoms with E-state index in [1.165, 1.54) is 24.8 Å². The number of allylic oxidation sites excluding steroid dienone is 1. The van der Waals surface area contributed by atoms with Crippen LogP contribution in [0.4, 0.5) is 0 Å². The topological polar surface area (TPSA) is 271 Å². The van der Waals surface area contributed by atoms with Gasteiger partial charge in [0.25, 0.3) is 0 Å². The predicted octanol–water partition coefficient (Wildman–Crippen LogP) is 8.51. The van der Waals surface area contributed by atoms with Crippen molar-refractivity contribution in [1.82, 2.24) is 16.0 Å². The summed E-state index contributed by atoms with van der Waals surface area (Å²) in [7, 11) is 0. The van der Waals surface area contributed by atoms with E-state index in [2.05, 4.69) is 29.8 Å². The molecule has 0 saturated carbocycles. The van der Waals surface area contributed by atoms with Crippen molar-refractivity contribution in [2.24, 2.45) is 17.6 Å². The van der Waals surface area contributed by atoms with Gasteiger partial charge in [-0.15, -0.1) is 0 Å². The Morgan fingerprint density at radius 1 is 0.569 bits per heavy atom. The summed E-state index contributed by atoms with van der Waals surface area (Å²) in [4.78, 5) is 68.4. The molecular weight excluding hydrogens is 929 g/mol. The number of hydrogen-bond acceptors (Lipinski definition) is 12. The van der Waals surface area contributed by atoms with Crippen LogP contribution >= 0.6 is 0 Å². The monoisotopic (exact) mass is 1010 g/mol. The summed E-state index contributed by atoms with van der Waals surface area (Å²) in [6.45, 7) is 12.2. The van der Waals surface area contributed by atoms with E-state index < -0.39 is 29.9 Å². The van der Waals surface area contributed by atoms with Crippen molar-refractivity contribution in [3.63, 3.8) is 0 Å². The molecule has 0 aromatic heterocycles. The maximum absolute atomic E-state index is 12.4. The van der Waals surface area contributed by atoms with Crippen molar-refractivity contribution in [1.29, 1.82) is 0 Å². The van der Waals surface area contributed by atoms with Crippen LogP contribution in [0.5, 0.6) is 11.5 Å². The molecule has 2 rings (SSSR count). The van der Waals surface area contributed by atoms with Gasteiger partial charge in [0.2, 0.25) is 17.7 Å². The van der Waals surface area contributed by atoms with Crippen LogP contribution in [0.3, 0.4) is 0 Å². The third-order valence-electron chi connectivity index (χ3n) is 11.0. The average molecular weight is 1020 g/mol. The molecule has 3 atom stereocenters. The molecule has 406 valence electrons. The molecule has 72 heavy (non-hydrogen) atoms. The average Bonchev–Trinajstić information content (AvgIpc) is 3.33. The van der Waals surface area contributed by atoms with Crippen LogP contribution in [-0.2, 0) is 33.4 Å². The van der Waals surface area contributed by atoms with Gasteiger partial charge in [-0.25, -0.2) is 14.4 Å². The summed E-state index contributed by atoms with van der Waals surface area (Å²) in [5.41, 5.74) is 5.58. The predicted molar refractivity (Wildman–Crippen MR) is 276 cm³/mol. The zero-order chi connectivity index (χ0) is 53.2. The molecule has 0 bridgehead atoms. The van der Waals surface area contributed by atoms with Crippen LogP contribution in [0.15, 0.2) is 60.9 Å². The normalized spacial score (nSPS) is 12.3. The summed E-state index contributed by atoms with van der Waals surface area (Å²) >= 11 is 0. The van der Waals surface area contributed by atoms with Crippen LogP contribution in [-0.4, -0.2) is 116 Å². The molecule has 0 aliphatic heterocycles. The van der Waals surface area contributed by atoms with Crippen molar-refractivity contribution in [2.45, 2.75) is 156 Å². The largest absolute Gasteiger partial charge is 0.494 e. The quantitative estimate of drug-likeness (QED) is 0.0186. The van der Waals surface area contributed by atoms with Gasteiger partial charge in [0.05, 0.1) is 50.4 Å². The number of carbonyl (C=O) groups excluding carboxylic acids is 3. The Bertz CT molecular complexity index is 1810. The summed E-state index contributed by atoms with van der Waals surface area (Å²) in [6.07, 6.45) is 18.5. The van der Waals surface area contributed by atoms with Crippen LogP contribution in [0, 0.1) is 11.8 Å². The van der Waals surface area contributed by atoms with Crippen molar-refractivity contribution >= 4 is 35.6 Å². The SMILES string of the molecule is CC(C)COCCOCCNC(C)OC=CC(C)CC(NC(=O)CCNC(=O)CCCCCCCCCOc1ccc(C(=O)O)cc1)C(=O)O.NC(=O)CCCCCCCCCOc1ccc(C(=O)O)cc1. The highest BCUT2D eigenvalue weighted by molar-refractivity contribution is 5.88. The number of aromatic carboxylic acids is 2. The van der Waals surface area contributed by atoms with Gasteiger partial charge < -0.3 is 55.4 Å². The standard InChI is InChI=1S/C37H61N3O10.C17H25NO4/c1-28(2)27-48-25-24-47-23-20-38-30(4)49-22-18-29(3)26-33(37(45)46)40-35(42)17-19-39-34(41)12-10-8-6-5-7-9-11-21-50-32-15-13-31(14-16-32)36(43)44;18-16(19)8-6-4-2-1-3-5-7-13-22-15-11-9-14(10-12-15)17(20)21/h13-16,18,22,28-30,33,38H,5-12,17,19-21,23-27H2,1-4H3,(H,39,41)(H,40,42)(H,43,44)(H,45,46);9-12H,1-8,13H2,(H2,18,19)(H,20,21). The van der Waals surface area contributed by atoms with Crippen molar-refractivity contribution < 1.29 is 67.8 Å². The van der Waals surface area contributed by atoms with Crippen LogP contribution in [0.2, 0.25) is 0 Å². The van der Waals surface area contributed by atoms with Crippen molar-refractivity contribution in [3.8, 4) is 11.5 Å². The number of ether oxygens (including phenoxy) is 5. The Kier molecular flexibility index (Phi) is 37.4. The third-order valence-corrected chi connectivity index (χ3v) is 11.0. The lowest BCUT2D eigenvalue weighted by atomic mass is 10.0. The van der Waals surface area contributed by atoms with Gasteiger partial charge in [0.1, 0.15) is 23.8 Å². The number of primary amides is 1. The molecule has 0 saturated heterocycles. The molecule has 2 aromatic carbocycles. The Hall–Kier alpha value is -5.72. The molecule has 0 spiro atoms. The minimum atomic E-state index is -1.12. The van der Waals surface area contributed by atoms with E-state index in [9.17, 15) is 33.9 Å². The number of unbranched alkanes of at least 4 members (excludes halogenated alkanes) is 12. The van der Waals surface area contributed by atoms with Gasteiger partial charge >= 0.3 is 17.9 Å². The summed E-state index contributed by atoms with van der Waals surface area (Å²) < 4.78 is 27.8. The molecule has 0 radical (unpaired) electrons. The first-order valence-electron chi connectivity index (χ1n) is 25.8. The van der Waals surface area contributed by atoms with Gasteiger partial charge in [-0.3, -0.25) is 19.7 Å². The number of hydrogen-bond donors (Lipinski definition) is 7. The Labute approximate surface area is 427 Å². The lowest BCUT2D eigenvalue weighted by molar-refractivity contribution is -0.142. The fourth-order valence-electron chi connectivity index (χ4n) is 6.89. The maximum atomic E-state index is 12.4. The number of carboxylic acids is 3. The lowest BCUT2D eigenvalue weighted by Crippen LogP contribution is -2.42. The van der Waals surface area contributed by atoms with Crippen molar-refractivity contribution in [2.75, 3.05) is 52.7 Å². The van der Waals surface area contributed by atoms with Gasteiger partial charge in [-0.2, -0.15) is 0 Å². The van der Waals surface area contributed by atoms with E-state index in [4.69, 9.17) is 39.6 Å². The number of nitrogens with one attached hydrogen (secondary N) is 3. The fraction of sp³-hybridized carbons (Fsp3) is 0.630. The molecule has 18 heteroatoms. The Balaban J connectivity index is 0.000000977. The fourth-order valence-corrected chi connectivity index (χ4v) is 6.89. The van der Waals surface area contributed by atoms with E-state index in [0.717, 1.165) is 90.1 Å². The Morgan fingerprint density at radius 2 is 1.06 bits per heavy atom. The number of aliphatic carboxylic acids is 1. The van der Waals surface area contributed by atoms with E-state index in [1.54, 1.807) is 42.5 Å². The second-order valence-electron chi connectivity index (χ2n) is 18.2. The van der Waals surface area contributed by atoms with Gasteiger partial charge in [0.15, 0.2) is 0 Å².